The average Bonchev–Trinajstić information content (AvgIpc) is 2.84. The molecule has 0 saturated carbocycles. The van der Waals surface area contributed by atoms with E-state index in [0.717, 1.165) is 25.5 Å². The van der Waals surface area contributed by atoms with Crippen LogP contribution in [0.1, 0.15) is 28.4 Å². The predicted molar refractivity (Wildman–Crippen MR) is 143 cm³/mol. The number of hydrogen-bond donors (Lipinski definition) is 1. The molecule has 1 amide bonds. The molecule has 0 radical (unpaired) electrons. The van der Waals surface area contributed by atoms with E-state index >= 15 is 0 Å². The Balaban J connectivity index is 1.50. The van der Waals surface area contributed by atoms with E-state index in [0.29, 0.717) is 30.3 Å². The first kappa shape index (κ1) is 24.0. The van der Waals surface area contributed by atoms with E-state index in [1.807, 2.05) is 37.3 Å². The van der Waals surface area contributed by atoms with E-state index in [9.17, 15) is 4.79 Å². The molecule has 0 saturated heterocycles. The molecule has 34 heavy (non-hydrogen) atoms. The first-order chi connectivity index (χ1) is 16.5. The summed E-state index contributed by atoms with van der Waals surface area (Å²) in [6, 6.07) is 25.2. The van der Waals surface area contributed by atoms with Gasteiger partial charge in [0.1, 0.15) is 6.61 Å². The van der Waals surface area contributed by atoms with Gasteiger partial charge in [-0.3, -0.25) is 4.79 Å². The van der Waals surface area contributed by atoms with Crippen LogP contribution in [0.25, 0.3) is 10.8 Å². The SMILES string of the molecule is CCOc1cc(/C=N\NC(=O)c2ccc(Br)cc2)cc(Br)c1OCc1cccc2ccccc12. The quantitative estimate of drug-likeness (QED) is 0.178. The molecule has 0 unspecified atom stereocenters. The fourth-order valence-corrected chi connectivity index (χ4v) is 4.30. The zero-order valence-electron chi connectivity index (χ0n) is 18.4. The first-order valence-corrected chi connectivity index (χ1v) is 12.3. The molecule has 7 heteroatoms. The molecule has 0 fully saturated rings. The minimum Gasteiger partial charge on any atom is -0.490 e. The lowest BCUT2D eigenvalue weighted by Gasteiger charge is -2.15. The molecule has 0 aliphatic heterocycles. The van der Waals surface area contributed by atoms with E-state index in [-0.39, 0.29) is 5.91 Å². The number of halogens is 2. The lowest BCUT2D eigenvalue weighted by molar-refractivity contribution is 0.0955. The number of rotatable bonds is 8. The van der Waals surface area contributed by atoms with Crippen LogP contribution in [0.5, 0.6) is 11.5 Å². The Kier molecular flexibility index (Phi) is 7.98. The van der Waals surface area contributed by atoms with Crippen molar-refractivity contribution in [3.8, 4) is 11.5 Å². The largest absolute Gasteiger partial charge is 0.490 e. The van der Waals surface area contributed by atoms with Crippen LogP contribution < -0.4 is 14.9 Å². The highest BCUT2D eigenvalue weighted by atomic mass is 79.9. The number of amides is 1. The summed E-state index contributed by atoms with van der Waals surface area (Å²) in [6.45, 7) is 2.80. The third-order valence-electron chi connectivity index (χ3n) is 5.07. The number of hydrogen-bond acceptors (Lipinski definition) is 4. The highest BCUT2D eigenvalue weighted by molar-refractivity contribution is 9.10. The van der Waals surface area contributed by atoms with E-state index in [1.54, 1.807) is 30.5 Å². The number of carbonyl (C=O) groups excluding carboxylic acids is 1. The highest BCUT2D eigenvalue weighted by Crippen LogP contribution is 2.37. The van der Waals surface area contributed by atoms with Crippen LogP contribution in [0, 0.1) is 0 Å². The first-order valence-electron chi connectivity index (χ1n) is 10.7. The van der Waals surface area contributed by atoms with Gasteiger partial charge in [-0.25, -0.2) is 5.43 Å². The van der Waals surface area contributed by atoms with Gasteiger partial charge in [0.05, 0.1) is 17.3 Å². The molecule has 0 aromatic heterocycles. The number of fused-ring (bicyclic) bond motifs is 1. The van der Waals surface area contributed by atoms with Crippen molar-refractivity contribution < 1.29 is 14.3 Å². The second-order valence-corrected chi connectivity index (χ2v) is 9.17. The summed E-state index contributed by atoms with van der Waals surface area (Å²) >= 11 is 6.95. The van der Waals surface area contributed by atoms with E-state index in [2.05, 4.69) is 66.7 Å². The molecule has 0 aliphatic carbocycles. The normalized spacial score (nSPS) is 11.0. The van der Waals surface area contributed by atoms with Crippen LogP contribution in [-0.2, 0) is 6.61 Å². The molecule has 4 aromatic carbocycles. The van der Waals surface area contributed by atoms with Gasteiger partial charge in [0, 0.05) is 10.0 Å². The molecule has 4 rings (SSSR count). The van der Waals surface area contributed by atoms with Crippen molar-refractivity contribution in [2.24, 2.45) is 5.10 Å². The minimum atomic E-state index is -0.289. The van der Waals surface area contributed by atoms with Gasteiger partial charge in [-0.2, -0.15) is 5.10 Å². The van der Waals surface area contributed by atoms with Crippen LogP contribution in [0.15, 0.2) is 92.9 Å². The molecular weight excluding hydrogens is 560 g/mol. The molecule has 0 bridgehead atoms. The van der Waals surface area contributed by atoms with Gasteiger partial charge in [0.15, 0.2) is 11.5 Å². The fraction of sp³-hybridized carbons (Fsp3) is 0.111. The summed E-state index contributed by atoms with van der Waals surface area (Å²) in [4.78, 5) is 12.3. The van der Waals surface area contributed by atoms with Gasteiger partial charge < -0.3 is 9.47 Å². The summed E-state index contributed by atoms with van der Waals surface area (Å²) in [5, 5.41) is 6.41. The van der Waals surface area contributed by atoms with Gasteiger partial charge in [0.25, 0.3) is 5.91 Å². The van der Waals surface area contributed by atoms with Gasteiger partial charge in [-0.05, 0) is 81.2 Å². The fourth-order valence-electron chi connectivity index (χ4n) is 3.47. The van der Waals surface area contributed by atoms with Gasteiger partial charge in [-0.15, -0.1) is 0 Å². The average molecular weight is 582 g/mol. The van der Waals surface area contributed by atoms with Crippen LogP contribution in [-0.4, -0.2) is 18.7 Å². The third-order valence-corrected chi connectivity index (χ3v) is 6.19. The molecule has 0 atom stereocenters. The standard InChI is InChI=1S/C27H22Br2N2O3/c1-2-33-25-15-18(16-30-31-27(32)20-10-12-22(28)13-11-20)14-24(29)26(25)34-17-21-8-5-7-19-6-3-4-9-23(19)21/h3-16H,2,17H2,1H3,(H,31,32)/b30-16-. The maximum Gasteiger partial charge on any atom is 0.271 e. The zero-order chi connectivity index (χ0) is 23.9. The van der Waals surface area contributed by atoms with Gasteiger partial charge >= 0.3 is 0 Å². The Bertz CT molecular complexity index is 1330. The summed E-state index contributed by atoms with van der Waals surface area (Å²) in [5.41, 5.74) is 4.91. The second-order valence-electron chi connectivity index (χ2n) is 7.40. The Hall–Kier alpha value is -3.16. The zero-order valence-corrected chi connectivity index (χ0v) is 21.6. The number of nitrogens with zero attached hydrogens (tertiary/aromatic N) is 1. The molecule has 0 aliphatic rings. The predicted octanol–water partition coefficient (Wildman–Crippen LogP) is 7.11. The van der Waals surface area contributed by atoms with Crippen molar-refractivity contribution in [2.75, 3.05) is 6.61 Å². The summed E-state index contributed by atoms with van der Waals surface area (Å²) < 4.78 is 13.7. The van der Waals surface area contributed by atoms with Crippen molar-refractivity contribution in [1.82, 2.24) is 5.43 Å². The van der Waals surface area contributed by atoms with Crippen LogP contribution in [0.2, 0.25) is 0 Å². The minimum absolute atomic E-state index is 0.289. The Morgan fingerprint density at radius 2 is 1.74 bits per heavy atom. The molecule has 0 spiro atoms. The van der Waals surface area contributed by atoms with Crippen molar-refractivity contribution in [3.05, 3.63) is 104 Å². The van der Waals surface area contributed by atoms with Crippen molar-refractivity contribution in [1.29, 1.82) is 0 Å². The Labute approximate surface area is 215 Å². The molecule has 4 aromatic rings. The summed E-state index contributed by atoms with van der Waals surface area (Å²) in [6.07, 6.45) is 1.57. The van der Waals surface area contributed by atoms with E-state index < -0.39 is 0 Å². The number of hydrazone groups is 1. The molecule has 0 heterocycles. The number of benzene rings is 4. The summed E-state index contributed by atoms with van der Waals surface area (Å²) in [7, 11) is 0. The maximum absolute atomic E-state index is 12.3. The lowest BCUT2D eigenvalue weighted by atomic mass is 10.1. The molecule has 5 nitrogen and oxygen atoms in total. The Morgan fingerprint density at radius 3 is 2.53 bits per heavy atom. The number of nitrogens with one attached hydrogen (secondary N) is 1. The third kappa shape index (κ3) is 5.85. The van der Waals surface area contributed by atoms with E-state index in [1.165, 1.54) is 5.39 Å². The number of carbonyl (C=O) groups is 1. The van der Waals surface area contributed by atoms with Crippen LogP contribution >= 0.6 is 31.9 Å². The van der Waals surface area contributed by atoms with Crippen LogP contribution in [0.4, 0.5) is 0 Å². The molecule has 1 N–H and O–H groups in total. The van der Waals surface area contributed by atoms with Gasteiger partial charge in [-0.1, -0.05) is 58.4 Å². The number of ether oxygens (including phenoxy) is 2. The maximum atomic E-state index is 12.3. The lowest BCUT2D eigenvalue weighted by Crippen LogP contribution is -2.17. The molecular formula is C27H22Br2N2O3. The summed E-state index contributed by atoms with van der Waals surface area (Å²) in [5.74, 6) is 0.923. The Morgan fingerprint density at radius 1 is 0.971 bits per heavy atom. The van der Waals surface area contributed by atoms with E-state index in [4.69, 9.17) is 9.47 Å². The second kappa shape index (κ2) is 11.3. The smallest absolute Gasteiger partial charge is 0.271 e. The van der Waals surface area contributed by atoms with Crippen LogP contribution in [0.3, 0.4) is 0 Å². The topological polar surface area (TPSA) is 59.9 Å². The van der Waals surface area contributed by atoms with Gasteiger partial charge in [0.2, 0.25) is 0 Å². The van der Waals surface area contributed by atoms with Crippen molar-refractivity contribution in [3.63, 3.8) is 0 Å². The highest BCUT2D eigenvalue weighted by Gasteiger charge is 2.13. The van der Waals surface area contributed by atoms with Crippen molar-refractivity contribution in [2.45, 2.75) is 13.5 Å². The molecule has 172 valence electrons. The van der Waals surface area contributed by atoms with Crippen molar-refractivity contribution >= 4 is 54.8 Å². The monoisotopic (exact) mass is 580 g/mol.